The van der Waals surface area contributed by atoms with E-state index >= 15 is 0 Å². The van der Waals surface area contributed by atoms with Gasteiger partial charge in [0.25, 0.3) is 5.56 Å². The highest BCUT2D eigenvalue weighted by Gasteiger charge is 2.15. The van der Waals surface area contributed by atoms with Crippen molar-refractivity contribution >= 4 is 10.9 Å². The molecule has 0 bridgehead atoms. The molecule has 1 heterocycles. The summed E-state index contributed by atoms with van der Waals surface area (Å²) in [4.78, 5) is 19.7. The number of rotatable bonds is 4. The largest absolute Gasteiger partial charge is 0.309 e. The molecule has 3 aromatic rings. The minimum atomic E-state index is -0.0939. The van der Waals surface area contributed by atoms with Crippen LogP contribution < -0.4 is 10.9 Å². The first-order chi connectivity index (χ1) is 11.5. The van der Waals surface area contributed by atoms with Gasteiger partial charge >= 0.3 is 0 Å². The van der Waals surface area contributed by atoms with Crippen LogP contribution in [0.2, 0.25) is 0 Å². The first-order valence-corrected chi connectivity index (χ1v) is 8.28. The van der Waals surface area contributed by atoms with Gasteiger partial charge in [-0.05, 0) is 51.0 Å². The van der Waals surface area contributed by atoms with Crippen molar-refractivity contribution in [2.24, 2.45) is 0 Å². The number of hydrogen-bond acceptors (Lipinski definition) is 3. The van der Waals surface area contributed by atoms with Crippen LogP contribution in [0.4, 0.5) is 0 Å². The third kappa shape index (κ3) is 3.24. The monoisotopic (exact) mass is 321 g/mol. The zero-order chi connectivity index (χ0) is 17.3. The van der Waals surface area contributed by atoms with Crippen LogP contribution in [0, 0.1) is 13.8 Å². The topological polar surface area (TPSA) is 57.8 Å². The summed E-state index contributed by atoms with van der Waals surface area (Å²) in [5, 5.41) is 4.16. The van der Waals surface area contributed by atoms with E-state index in [1.165, 1.54) is 16.7 Å². The Hall–Kier alpha value is -2.46. The lowest BCUT2D eigenvalue weighted by Gasteiger charge is -2.22. The van der Waals surface area contributed by atoms with Crippen LogP contribution in [0.25, 0.3) is 10.9 Å². The molecule has 2 unspecified atom stereocenters. The standard InChI is InChI=1S/C20H23N3O/c1-12-9-10-13(2)17(11-12)14(3)21-15(4)19-22-18-8-6-5-7-16(18)20(24)23-19/h5-11,14-15,21H,1-4H3,(H,22,23,24). The fourth-order valence-electron chi connectivity index (χ4n) is 3.08. The maximum Gasteiger partial charge on any atom is 0.258 e. The van der Waals surface area contributed by atoms with Crippen LogP contribution >= 0.6 is 0 Å². The average Bonchev–Trinajstić information content (AvgIpc) is 2.57. The quantitative estimate of drug-likeness (QED) is 0.765. The molecule has 0 saturated carbocycles. The number of H-pyrrole nitrogens is 1. The van der Waals surface area contributed by atoms with Crippen LogP contribution in [0.1, 0.15) is 48.4 Å². The van der Waals surface area contributed by atoms with Gasteiger partial charge in [-0.25, -0.2) is 4.98 Å². The molecule has 0 aliphatic carbocycles. The lowest BCUT2D eigenvalue weighted by Crippen LogP contribution is -2.26. The summed E-state index contributed by atoms with van der Waals surface area (Å²) in [5.41, 5.74) is 4.40. The summed E-state index contributed by atoms with van der Waals surface area (Å²) in [5.74, 6) is 0.663. The number of hydrogen-bond donors (Lipinski definition) is 2. The van der Waals surface area contributed by atoms with E-state index in [9.17, 15) is 4.79 Å². The number of aromatic nitrogens is 2. The molecule has 4 heteroatoms. The summed E-state index contributed by atoms with van der Waals surface area (Å²) in [6.07, 6.45) is 0. The Labute approximate surface area is 142 Å². The van der Waals surface area contributed by atoms with Crippen molar-refractivity contribution in [1.29, 1.82) is 0 Å². The number of nitrogens with one attached hydrogen (secondary N) is 2. The number of aryl methyl sites for hydroxylation is 2. The Morgan fingerprint density at radius 2 is 1.79 bits per heavy atom. The van der Waals surface area contributed by atoms with Gasteiger partial charge in [-0.15, -0.1) is 0 Å². The third-order valence-corrected chi connectivity index (χ3v) is 4.44. The molecular weight excluding hydrogens is 298 g/mol. The molecule has 0 saturated heterocycles. The zero-order valence-electron chi connectivity index (χ0n) is 14.6. The number of para-hydroxylation sites is 1. The molecule has 0 fully saturated rings. The van der Waals surface area contributed by atoms with Crippen LogP contribution in [-0.4, -0.2) is 9.97 Å². The molecule has 2 atom stereocenters. The van der Waals surface area contributed by atoms with E-state index in [1.807, 2.05) is 25.1 Å². The summed E-state index contributed by atoms with van der Waals surface area (Å²) >= 11 is 0. The van der Waals surface area contributed by atoms with Gasteiger partial charge in [0, 0.05) is 6.04 Å². The second-order valence-corrected chi connectivity index (χ2v) is 6.44. The fraction of sp³-hybridized carbons (Fsp3) is 0.300. The lowest BCUT2D eigenvalue weighted by atomic mass is 9.99. The van der Waals surface area contributed by atoms with Crippen LogP contribution in [0.15, 0.2) is 47.3 Å². The Morgan fingerprint density at radius 1 is 1.04 bits per heavy atom. The second kappa shape index (κ2) is 6.57. The molecule has 0 aliphatic rings. The molecular formula is C20H23N3O. The van der Waals surface area contributed by atoms with E-state index < -0.39 is 0 Å². The molecule has 0 aliphatic heterocycles. The molecule has 2 aromatic carbocycles. The van der Waals surface area contributed by atoms with Crippen molar-refractivity contribution in [2.45, 2.75) is 39.8 Å². The van der Waals surface area contributed by atoms with Gasteiger partial charge in [0.15, 0.2) is 0 Å². The van der Waals surface area contributed by atoms with E-state index in [0.29, 0.717) is 11.2 Å². The van der Waals surface area contributed by atoms with Gasteiger partial charge < -0.3 is 10.3 Å². The summed E-state index contributed by atoms with van der Waals surface area (Å²) in [7, 11) is 0. The SMILES string of the molecule is Cc1ccc(C)c(C(C)NC(C)c2nc3ccccc3c(=O)[nH]2)c1. The van der Waals surface area contributed by atoms with Crippen molar-refractivity contribution in [1.82, 2.24) is 15.3 Å². The van der Waals surface area contributed by atoms with Crippen molar-refractivity contribution in [3.8, 4) is 0 Å². The molecule has 3 rings (SSSR count). The van der Waals surface area contributed by atoms with Crippen molar-refractivity contribution in [2.75, 3.05) is 0 Å². The first kappa shape index (κ1) is 16.4. The van der Waals surface area contributed by atoms with Crippen molar-refractivity contribution in [3.05, 3.63) is 75.3 Å². The van der Waals surface area contributed by atoms with E-state index in [-0.39, 0.29) is 17.6 Å². The number of nitrogens with zero attached hydrogens (tertiary/aromatic N) is 1. The van der Waals surface area contributed by atoms with E-state index in [2.05, 4.69) is 54.3 Å². The Morgan fingerprint density at radius 3 is 2.58 bits per heavy atom. The van der Waals surface area contributed by atoms with Gasteiger partial charge in [-0.3, -0.25) is 4.79 Å². The highest BCUT2D eigenvalue weighted by atomic mass is 16.1. The molecule has 24 heavy (non-hydrogen) atoms. The number of aromatic amines is 1. The van der Waals surface area contributed by atoms with Crippen LogP contribution in [0.3, 0.4) is 0 Å². The number of benzene rings is 2. The summed E-state index contributed by atoms with van der Waals surface area (Å²) in [6.45, 7) is 8.38. The normalized spacial score (nSPS) is 13.8. The van der Waals surface area contributed by atoms with Gasteiger partial charge in [0.1, 0.15) is 5.82 Å². The Bertz CT molecular complexity index is 930. The Balaban J connectivity index is 1.88. The second-order valence-electron chi connectivity index (χ2n) is 6.44. The van der Waals surface area contributed by atoms with Crippen molar-refractivity contribution < 1.29 is 0 Å². The molecule has 4 nitrogen and oxygen atoms in total. The fourth-order valence-corrected chi connectivity index (χ4v) is 3.08. The lowest BCUT2D eigenvalue weighted by molar-refractivity contribution is 0.475. The third-order valence-electron chi connectivity index (χ3n) is 4.44. The summed E-state index contributed by atoms with van der Waals surface area (Å²) in [6, 6.07) is 14.0. The van der Waals surface area contributed by atoms with Crippen LogP contribution in [-0.2, 0) is 0 Å². The van der Waals surface area contributed by atoms with Crippen molar-refractivity contribution in [3.63, 3.8) is 0 Å². The van der Waals surface area contributed by atoms with Crippen LogP contribution in [0.5, 0.6) is 0 Å². The molecule has 124 valence electrons. The summed E-state index contributed by atoms with van der Waals surface area (Å²) < 4.78 is 0. The van der Waals surface area contributed by atoms with Gasteiger partial charge in [0.2, 0.25) is 0 Å². The van der Waals surface area contributed by atoms with E-state index in [4.69, 9.17) is 0 Å². The zero-order valence-corrected chi connectivity index (χ0v) is 14.6. The Kier molecular flexibility index (Phi) is 4.49. The highest BCUT2D eigenvalue weighted by Crippen LogP contribution is 2.22. The predicted molar refractivity (Wildman–Crippen MR) is 98.2 cm³/mol. The molecule has 1 aromatic heterocycles. The average molecular weight is 321 g/mol. The minimum Gasteiger partial charge on any atom is -0.309 e. The maximum absolute atomic E-state index is 12.2. The van der Waals surface area contributed by atoms with Gasteiger partial charge in [-0.1, -0.05) is 35.9 Å². The smallest absolute Gasteiger partial charge is 0.258 e. The molecule has 0 amide bonds. The molecule has 0 radical (unpaired) electrons. The minimum absolute atomic E-state index is 0.0581. The highest BCUT2D eigenvalue weighted by molar-refractivity contribution is 5.77. The maximum atomic E-state index is 12.2. The van der Waals surface area contributed by atoms with E-state index in [1.54, 1.807) is 6.07 Å². The van der Waals surface area contributed by atoms with Gasteiger partial charge in [-0.2, -0.15) is 0 Å². The molecule has 2 N–H and O–H groups in total. The molecule has 0 spiro atoms. The first-order valence-electron chi connectivity index (χ1n) is 8.28. The number of fused-ring (bicyclic) bond motifs is 1. The van der Waals surface area contributed by atoms with E-state index in [0.717, 1.165) is 5.52 Å². The predicted octanol–water partition coefficient (Wildman–Crippen LogP) is 3.95. The van der Waals surface area contributed by atoms with Gasteiger partial charge in [0.05, 0.1) is 16.9 Å².